The maximum atomic E-state index is 5.01. The van der Waals surface area contributed by atoms with Crippen LogP contribution in [0.5, 0.6) is 0 Å². The third-order valence-electron chi connectivity index (χ3n) is 2.92. The van der Waals surface area contributed by atoms with Crippen molar-refractivity contribution < 1.29 is 4.42 Å². The van der Waals surface area contributed by atoms with E-state index < -0.39 is 0 Å². The van der Waals surface area contributed by atoms with Crippen LogP contribution in [-0.2, 0) is 6.54 Å². The second kappa shape index (κ2) is 5.76. The van der Waals surface area contributed by atoms with E-state index in [0.29, 0.717) is 0 Å². The molecule has 1 heterocycles. The lowest BCUT2D eigenvalue weighted by Crippen LogP contribution is -2.15. The summed E-state index contributed by atoms with van der Waals surface area (Å²) in [6.45, 7) is 2.00. The first kappa shape index (κ1) is 10.5. The molecule has 0 unspecified atom stereocenters. The zero-order valence-corrected chi connectivity index (χ0v) is 9.17. The molecular formula is C13H19NO. The Labute approximate surface area is 91.4 Å². The summed E-state index contributed by atoms with van der Waals surface area (Å²) >= 11 is 0. The van der Waals surface area contributed by atoms with Crippen LogP contribution in [0.2, 0.25) is 0 Å². The fourth-order valence-electron chi connectivity index (χ4n) is 2.01. The van der Waals surface area contributed by atoms with Crippen LogP contribution in [0.15, 0.2) is 34.7 Å². The molecule has 0 fully saturated rings. The number of furan rings is 1. The Balaban J connectivity index is 1.60. The summed E-state index contributed by atoms with van der Waals surface area (Å²) in [4.78, 5) is 0. The van der Waals surface area contributed by atoms with Crippen molar-refractivity contribution in [2.75, 3.05) is 6.54 Å². The third kappa shape index (κ3) is 3.56. The van der Waals surface area contributed by atoms with Gasteiger partial charge in [-0.3, -0.25) is 0 Å². The molecule has 1 aromatic heterocycles. The molecule has 1 N–H and O–H groups in total. The van der Waals surface area contributed by atoms with Gasteiger partial charge in [-0.25, -0.2) is 0 Å². The predicted molar refractivity (Wildman–Crippen MR) is 61.6 cm³/mol. The summed E-state index contributed by atoms with van der Waals surface area (Å²) in [7, 11) is 0. The minimum absolute atomic E-state index is 0.920. The van der Waals surface area contributed by atoms with E-state index in [1.54, 1.807) is 18.1 Å². The predicted octanol–water partition coefficient (Wildman–Crippen LogP) is 3.26. The Hall–Kier alpha value is -1.02. The van der Waals surface area contributed by atoms with Gasteiger partial charge >= 0.3 is 0 Å². The highest BCUT2D eigenvalue weighted by Gasteiger charge is 2.02. The molecule has 1 aromatic rings. The van der Waals surface area contributed by atoms with Crippen LogP contribution in [0.25, 0.3) is 0 Å². The lowest BCUT2D eigenvalue weighted by Gasteiger charge is -2.12. The van der Waals surface area contributed by atoms with Gasteiger partial charge in [0.2, 0.25) is 0 Å². The van der Waals surface area contributed by atoms with E-state index in [2.05, 4.69) is 11.4 Å². The van der Waals surface area contributed by atoms with Crippen molar-refractivity contribution in [1.82, 2.24) is 5.32 Å². The molecule has 2 nitrogen and oxygen atoms in total. The third-order valence-corrected chi connectivity index (χ3v) is 2.92. The van der Waals surface area contributed by atoms with Crippen molar-refractivity contribution in [1.29, 1.82) is 0 Å². The summed E-state index contributed by atoms with van der Waals surface area (Å²) < 4.78 is 5.01. The number of allylic oxidation sites excluding steroid dienone is 1. The average Bonchev–Trinajstić information content (AvgIpc) is 2.79. The summed E-state index contributed by atoms with van der Waals surface area (Å²) in [5, 5.41) is 3.43. The maximum absolute atomic E-state index is 5.01. The first-order chi connectivity index (χ1) is 7.45. The van der Waals surface area contributed by atoms with Gasteiger partial charge in [-0.2, -0.15) is 0 Å². The SMILES string of the molecule is C1=C(CCNCc2ccoc2)CCCC1. The minimum Gasteiger partial charge on any atom is -0.472 e. The number of rotatable bonds is 5. The molecule has 2 rings (SSSR count). The van der Waals surface area contributed by atoms with Crippen molar-refractivity contribution in [2.45, 2.75) is 38.6 Å². The quantitative estimate of drug-likeness (QED) is 0.589. The first-order valence-corrected chi connectivity index (χ1v) is 5.85. The van der Waals surface area contributed by atoms with E-state index in [9.17, 15) is 0 Å². The summed E-state index contributed by atoms with van der Waals surface area (Å²) in [5.41, 5.74) is 2.87. The van der Waals surface area contributed by atoms with E-state index in [1.165, 1.54) is 37.7 Å². The van der Waals surface area contributed by atoms with Gasteiger partial charge in [0.15, 0.2) is 0 Å². The zero-order valence-electron chi connectivity index (χ0n) is 9.17. The largest absolute Gasteiger partial charge is 0.472 e. The molecule has 0 aliphatic heterocycles. The molecule has 0 aromatic carbocycles. The first-order valence-electron chi connectivity index (χ1n) is 5.85. The second-order valence-electron chi connectivity index (χ2n) is 4.17. The van der Waals surface area contributed by atoms with Crippen molar-refractivity contribution >= 4 is 0 Å². The van der Waals surface area contributed by atoms with E-state index in [1.807, 2.05) is 6.07 Å². The lowest BCUT2D eigenvalue weighted by atomic mass is 9.97. The van der Waals surface area contributed by atoms with Gasteiger partial charge in [0.25, 0.3) is 0 Å². The number of nitrogens with one attached hydrogen (secondary N) is 1. The maximum Gasteiger partial charge on any atom is 0.0947 e. The van der Waals surface area contributed by atoms with Crippen LogP contribution >= 0.6 is 0 Å². The van der Waals surface area contributed by atoms with Gasteiger partial charge in [-0.1, -0.05) is 11.6 Å². The highest BCUT2D eigenvalue weighted by molar-refractivity contribution is 5.06. The Bertz CT molecular complexity index is 300. The lowest BCUT2D eigenvalue weighted by molar-refractivity contribution is 0.559. The molecule has 0 bridgehead atoms. The molecule has 0 amide bonds. The van der Waals surface area contributed by atoms with Gasteiger partial charge in [0, 0.05) is 12.1 Å². The molecule has 0 radical (unpaired) electrons. The smallest absolute Gasteiger partial charge is 0.0947 e. The van der Waals surface area contributed by atoms with Crippen LogP contribution in [0.4, 0.5) is 0 Å². The van der Waals surface area contributed by atoms with Crippen molar-refractivity contribution in [3.63, 3.8) is 0 Å². The van der Waals surface area contributed by atoms with E-state index in [0.717, 1.165) is 13.1 Å². The molecule has 1 aliphatic carbocycles. The molecule has 0 saturated carbocycles. The van der Waals surface area contributed by atoms with Crippen LogP contribution in [-0.4, -0.2) is 6.54 Å². The summed E-state index contributed by atoms with van der Waals surface area (Å²) in [5.74, 6) is 0. The van der Waals surface area contributed by atoms with Gasteiger partial charge in [-0.05, 0) is 44.7 Å². The monoisotopic (exact) mass is 205 g/mol. The zero-order chi connectivity index (χ0) is 10.3. The number of hydrogen-bond acceptors (Lipinski definition) is 2. The molecule has 15 heavy (non-hydrogen) atoms. The van der Waals surface area contributed by atoms with Crippen LogP contribution < -0.4 is 5.32 Å². The summed E-state index contributed by atoms with van der Waals surface area (Å²) in [6.07, 6.45) is 12.5. The molecule has 0 saturated heterocycles. The van der Waals surface area contributed by atoms with Crippen molar-refractivity contribution in [3.8, 4) is 0 Å². The Morgan fingerprint density at radius 3 is 3.07 bits per heavy atom. The van der Waals surface area contributed by atoms with E-state index in [4.69, 9.17) is 4.42 Å². The molecule has 1 aliphatic rings. The normalized spacial score (nSPS) is 16.4. The van der Waals surface area contributed by atoms with Crippen LogP contribution in [0.3, 0.4) is 0 Å². The van der Waals surface area contributed by atoms with Crippen LogP contribution in [0.1, 0.15) is 37.7 Å². The Morgan fingerprint density at radius 1 is 1.33 bits per heavy atom. The highest BCUT2D eigenvalue weighted by Crippen LogP contribution is 2.19. The van der Waals surface area contributed by atoms with Gasteiger partial charge < -0.3 is 9.73 Å². The second-order valence-corrected chi connectivity index (χ2v) is 4.17. The van der Waals surface area contributed by atoms with Gasteiger partial charge in [-0.15, -0.1) is 0 Å². The van der Waals surface area contributed by atoms with E-state index >= 15 is 0 Å². The average molecular weight is 205 g/mol. The van der Waals surface area contributed by atoms with Crippen molar-refractivity contribution in [3.05, 3.63) is 35.8 Å². The molecule has 82 valence electrons. The Morgan fingerprint density at radius 2 is 2.33 bits per heavy atom. The van der Waals surface area contributed by atoms with Crippen molar-refractivity contribution in [2.24, 2.45) is 0 Å². The number of hydrogen-bond donors (Lipinski definition) is 1. The van der Waals surface area contributed by atoms with Gasteiger partial charge in [0.1, 0.15) is 0 Å². The standard InChI is InChI=1S/C13H19NO/c1-2-4-12(5-3-1)6-8-14-10-13-7-9-15-11-13/h4,7,9,11,14H,1-3,5-6,8,10H2. The Kier molecular flexibility index (Phi) is 4.03. The van der Waals surface area contributed by atoms with Gasteiger partial charge in [0.05, 0.1) is 12.5 Å². The van der Waals surface area contributed by atoms with E-state index in [-0.39, 0.29) is 0 Å². The molecule has 2 heteroatoms. The topological polar surface area (TPSA) is 25.2 Å². The molecule has 0 atom stereocenters. The highest BCUT2D eigenvalue weighted by atomic mass is 16.3. The minimum atomic E-state index is 0.920. The summed E-state index contributed by atoms with van der Waals surface area (Å²) in [6, 6.07) is 2.01. The van der Waals surface area contributed by atoms with Crippen LogP contribution in [0, 0.1) is 0 Å². The molecule has 0 spiro atoms. The fraction of sp³-hybridized carbons (Fsp3) is 0.538. The fourth-order valence-corrected chi connectivity index (χ4v) is 2.01. The molecular weight excluding hydrogens is 186 g/mol.